The van der Waals surface area contributed by atoms with E-state index in [1.54, 1.807) is 48.5 Å². The number of nitrogens with zero attached hydrogens (tertiary/aromatic N) is 4. The first-order chi connectivity index (χ1) is 15.7. The van der Waals surface area contributed by atoms with E-state index in [-0.39, 0.29) is 11.7 Å². The molecule has 172 valence electrons. The lowest BCUT2D eigenvalue weighted by molar-refractivity contribution is -0.132. The van der Waals surface area contributed by atoms with Crippen LogP contribution >= 0.6 is 0 Å². The van der Waals surface area contributed by atoms with Crippen molar-refractivity contribution in [3.05, 3.63) is 71.8 Å². The summed E-state index contributed by atoms with van der Waals surface area (Å²) < 4.78 is 0. The van der Waals surface area contributed by atoms with Crippen LogP contribution in [0.3, 0.4) is 0 Å². The number of amidine groups is 2. The number of nitrogens with one attached hydrogen (secondary N) is 2. The van der Waals surface area contributed by atoms with Gasteiger partial charge in [-0.15, -0.1) is 0 Å². The Morgan fingerprint density at radius 1 is 0.667 bits per heavy atom. The summed E-state index contributed by atoms with van der Waals surface area (Å²) in [4.78, 5) is 55.8. The van der Waals surface area contributed by atoms with Gasteiger partial charge in [0.05, 0.1) is 0 Å². The third kappa shape index (κ3) is 8.02. The van der Waals surface area contributed by atoms with Gasteiger partial charge in [0.2, 0.25) is 23.6 Å². The number of rotatable bonds is 4. The van der Waals surface area contributed by atoms with E-state index in [1.165, 1.54) is 38.0 Å². The Bertz CT molecular complexity index is 981. The highest BCUT2D eigenvalue weighted by Crippen LogP contribution is 2.06. The highest BCUT2D eigenvalue weighted by molar-refractivity contribution is 6.07. The summed E-state index contributed by atoms with van der Waals surface area (Å²) >= 11 is 0. The van der Waals surface area contributed by atoms with E-state index in [9.17, 15) is 19.2 Å². The van der Waals surface area contributed by atoms with Crippen LogP contribution in [-0.4, -0.2) is 59.4 Å². The summed E-state index contributed by atoms with van der Waals surface area (Å²) in [7, 11) is 3.04. The van der Waals surface area contributed by atoms with Crippen molar-refractivity contribution in [2.45, 2.75) is 20.3 Å². The van der Waals surface area contributed by atoms with Crippen molar-refractivity contribution in [2.24, 2.45) is 9.98 Å². The van der Waals surface area contributed by atoms with Gasteiger partial charge in [0.1, 0.15) is 6.42 Å². The molecule has 0 bridgehead atoms. The van der Waals surface area contributed by atoms with Crippen molar-refractivity contribution >= 4 is 35.3 Å². The fourth-order valence-corrected chi connectivity index (χ4v) is 2.84. The van der Waals surface area contributed by atoms with Crippen molar-refractivity contribution in [1.29, 1.82) is 0 Å². The summed E-state index contributed by atoms with van der Waals surface area (Å²) in [6.45, 7) is 2.60. The average Bonchev–Trinajstić information content (AvgIpc) is 2.76. The minimum absolute atomic E-state index is 0.230. The molecule has 0 aliphatic carbocycles. The second-order valence-electron chi connectivity index (χ2n) is 7.01. The molecule has 2 aromatic rings. The molecule has 0 heterocycles. The molecule has 0 fully saturated rings. The lowest BCUT2D eigenvalue weighted by atomic mass is 10.2. The van der Waals surface area contributed by atoms with Gasteiger partial charge in [0.15, 0.2) is 11.7 Å². The van der Waals surface area contributed by atoms with Gasteiger partial charge in [0, 0.05) is 39.1 Å². The number of carbonyl (C=O) groups is 4. The monoisotopic (exact) mass is 450 g/mol. The van der Waals surface area contributed by atoms with E-state index in [0.717, 1.165) is 0 Å². The summed E-state index contributed by atoms with van der Waals surface area (Å²) in [5.41, 5.74) is 6.29. The zero-order valence-electron chi connectivity index (χ0n) is 18.9. The maximum absolute atomic E-state index is 12.4. The molecule has 10 heteroatoms. The van der Waals surface area contributed by atoms with Crippen molar-refractivity contribution in [2.75, 3.05) is 14.1 Å². The Hall–Kier alpha value is -4.34. The van der Waals surface area contributed by atoms with E-state index in [0.29, 0.717) is 11.1 Å². The number of hydrazine groups is 2. The van der Waals surface area contributed by atoms with Gasteiger partial charge in [-0.25, -0.2) is 0 Å². The molecule has 33 heavy (non-hydrogen) atoms. The normalized spacial score (nSPS) is 11.4. The molecule has 0 aromatic heterocycles. The SMILES string of the molecule is CC(=O)/N=C(\c1ccccc1)N(C)NC(=O)CC(=O)NN(C)/C(=N/C(C)=O)c1ccccc1. The number of benzene rings is 2. The van der Waals surface area contributed by atoms with E-state index in [2.05, 4.69) is 20.8 Å². The minimum Gasteiger partial charge on any atom is -0.273 e. The fraction of sp³-hybridized carbons (Fsp3) is 0.217. The molecule has 0 atom stereocenters. The first-order valence-electron chi connectivity index (χ1n) is 10.0. The van der Waals surface area contributed by atoms with Crippen molar-refractivity contribution in [3.8, 4) is 0 Å². The minimum atomic E-state index is -0.625. The zero-order chi connectivity index (χ0) is 24.4. The van der Waals surface area contributed by atoms with E-state index in [1.807, 2.05) is 12.1 Å². The standard InChI is InChI=1S/C23H26N6O4/c1-16(30)24-22(18-11-7-5-8-12-18)28(3)26-20(32)15-21(33)27-29(4)23(25-17(2)31)19-13-9-6-10-14-19/h5-14H,15H2,1-4H3,(H,26,32)(H,27,33)/b24-22+,25-23+. The highest BCUT2D eigenvalue weighted by atomic mass is 16.2. The Balaban J connectivity index is 2.05. The molecule has 0 saturated carbocycles. The maximum atomic E-state index is 12.4. The van der Waals surface area contributed by atoms with Gasteiger partial charge in [-0.05, 0) is 0 Å². The third-order valence-electron chi connectivity index (χ3n) is 4.13. The van der Waals surface area contributed by atoms with Crippen LogP contribution in [0.2, 0.25) is 0 Å². The summed E-state index contributed by atoms with van der Waals surface area (Å²) in [5, 5.41) is 2.56. The predicted molar refractivity (Wildman–Crippen MR) is 124 cm³/mol. The highest BCUT2D eigenvalue weighted by Gasteiger charge is 2.18. The van der Waals surface area contributed by atoms with Gasteiger partial charge in [-0.2, -0.15) is 9.98 Å². The maximum Gasteiger partial charge on any atom is 0.248 e. The largest absolute Gasteiger partial charge is 0.273 e. The third-order valence-corrected chi connectivity index (χ3v) is 4.13. The summed E-state index contributed by atoms with van der Waals surface area (Å²) in [6.07, 6.45) is -0.515. The lowest BCUT2D eigenvalue weighted by Gasteiger charge is -2.23. The number of hydrogen-bond acceptors (Lipinski definition) is 4. The number of hydrogen-bond donors (Lipinski definition) is 2. The first-order valence-corrected chi connectivity index (χ1v) is 10.0. The van der Waals surface area contributed by atoms with Crippen LogP contribution in [0, 0.1) is 0 Å². The molecule has 0 unspecified atom stereocenters. The molecule has 0 spiro atoms. The Labute approximate surface area is 191 Å². The topological polar surface area (TPSA) is 124 Å². The molecule has 4 amide bonds. The lowest BCUT2D eigenvalue weighted by Crippen LogP contribution is -2.48. The van der Waals surface area contributed by atoms with Crippen molar-refractivity contribution in [3.63, 3.8) is 0 Å². The average molecular weight is 450 g/mol. The molecule has 0 saturated heterocycles. The Morgan fingerprint density at radius 2 is 1.00 bits per heavy atom. The van der Waals surface area contributed by atoms with Crippen LogP contribution in [0.1, 0.15) is 31.4 Å². The van der Waals surface area contributed by atoms with E-state index < -0.39 is 30.0 Å². The molecule has 0 aliphatic rings. The van der Waals surface area contributed by atoms with Crippen LogP contribution in [0.15, 0.2) is 70.6 Å². The van der Waals surface area contributed by atoms with Crippen LogP contribution in [-0.2, 0) is 19.2 Å². The summed E-state index contributed by atoms with van der Waals surface area (Å²) in [6, 6.07) is 17.7. The molecule has 0 aliphatic heterocycles. The zero-order valence-corrected chi connectivity index (χ0v) is 18.9. The molecule has 2 rings (SSSR count). The smallest absolute Gasteiger partial charge is 0.248 e. The Kier molecular flexibility index (Phi) is 8.98. The molecule has 2 N–H and O–H groups in total. The first kappa shape index (κ1) is 24.9. The summed E-state index contributed by atoms with van der Waals surface area (Å²) in [5.74, 6) is -1.66. The van der Waals surface area contributed by atoms with Crippen LogP contribution in [0.25, 0.3) is 0 Å². The predicted octanol–water partition coefficient (Wildman–Crippen LogP) is 1.29. The number of carbonyl (C=O) groups excluding carboxylic acids is 4. The van der Waals surface area contributed by atoms with Crippen molar-refractivity contribution in [1.82, 2.24) is 20.9 Å². The second-order valence-corrected chi connectivity index (χ2v) is 7.01. The number of amides is 4. The fourth-order valence-electron chi connectivity index (χ4n) is 2.84. The second kappa shape index (κ2) is 11.9. The molecular weight excluding hydrogens is 424 g/mol. The van der Waals surface area contributed by atoms with Crippen LogP contribution in [0.5, 0.6) is 0 Å². The van der Waals surface area contributed by atoms with Gasteiger partial charge in [-0.1, -0.05) is 60.7 Å². The van der Waals surface area contributed by atoms with Gasteiger partial charge in [0.25, 0.3) is 0 Å². The van der Waals surface area contributed by atoms with Crippen molar-refractivity contribution < 1.29 is 19.2 Å². The molecule has 2 aromatic carbocycles. The van der Waals surface area contributed by atoms with E-state index in [4.69, 9.17) is 0 Å². The molecule has 0 radical (unpaired) electrons. The van der Waals surface area contributed by atoms with Crippen LogP contribution in [0.4, 0.5) is 0 Å². The molecule has 10 nitrogen and oxygen atoms in total. The van der Waals surface area contributed by atoms with Crippen LogP contribution < -0.4 is 10.9 Å². The van der Waals surface area contributed by atoms with Gasteiger partial charge >= 0.3 is 0 Å². The Morgan fingerprint density at radius 3 is 1.30 bits per heavy atom. The number of aliphatic imine (C=N–C) groups is 2. The van der Waals surface area contributed by atoms with Gasteiger partial charge < -0.3 is 0 Å². The quantitative estimate of drug-likeness (QED) is 0.313. The molecular formula is C23H26N6O4. The van der Waals surface area contributed by atoms with E-state index >= 15 is 0 Å². The van der Waals surface area contributed by atoms with Gasteiger partial charge in [-0.3, -0.25) is 40.0 Å².